The van der Waals surface area contributed by atoms with Crippen molar-refractivity contribution in [1.82, 2.24) is 0 Å². The van der Waals surface area contributed by atoms with Gasteiger partial charge in [0, 0.05) is 11.8 Å². The van der Waals surface area contributed by atoms with Gasteiger partial charge in [0.15, 0.2) is 6.29 Å². The molecule has 280 valence electrons. The Kier molecular flexibility index (Phi) is 13.6. The van der Waals surface area contributed by atoms with Gasteiger partial charge < -0.3 is 54.3 Å². The Hall–Kier alpha value is -1.74. The van der Waals surface area contributed by atoms with Crippen LogP contribution in [0.15, 0.2) is 11.8 Å². The normalized spacial score (nSPS) is 38.2. The highest BCUT2D eigenvalue weighted by Gasteiger charge is 2.50. The van der Waals surface area contributed by atoms with Gasteiger partial charge in [-0.2, -0.15) is 25.3 Å². The number of carbonyl (C=O) groups is 1. The molecule has 3 aliphatic heterocycles. The second-order valence-electron chi connectivity index (χ2n) is 10.6. The average Bonchev–Trinajstić information content (AvgIpc) is 2.93. The maximum Gasteiger partial charge on any atom is 0.397 e. The highest BCUT2D eigenvalue weighted by molar-refractivity contribution is 7.81. The van der Waals surface area contributed by atoms with Crippen LogP contribution in [-0.4, -0.2) is 169 Å². The van der Waals surface area contributed by atoms with E-state index in [4.69, 9.17) is 37.9 Å². The zero-order valence-electron chi connectivity index (χ0n) is 24.3. The molecule has 3 rings (SSSR count). The lowest BCUT2D eigenvalue weighted by Gasteiger charge is -2.44. The molecule has 27 heteroatoms. The summed E-state index contributed by atoms with van der Waals surface area (Å²) in [6, 6.07) is 0. The number of aliphatic hydroxyl groups excluding tert-OH is 5. The summed E-state index contributed by atoms with van der Waals surface area (Å²) < 4.78 is 134. The average molecular weight is 767 g/mol. The zero-order valence-corrected chi connectivity index (χ0v) is 26.7. The SMILES string of the molecule is CC1OC(COCC2C(O)C(COS(=O)(=O)O)OC(O)C2COC2OC(C(=O)O)=CC(O)C2O)C(OS(=O)(=O)O)C(O)C1OS(=O)(=O)O. The van der Waals surface area contributed by atoms with Crippen LogP contribution in [0.5, 0.6) is 0 Å². The molecule has 0 aromatic carbocycles. The molecule has 13 unspecified atom stereocenters. The predicted octanol–water partition coefficient (Wildman–Crippen LogP) is -5.28. The van der Waals surface area contributed by atoms with Crippen LogP contribution in [0.2, 0.25) is 0 Å². The monoisotopic (exact) mass is 766 g/mol. The third-order valence-electron chi connectivity index (χ3n) is 7.24. The van der Waals surface area contributed by atoms with E-state index in [1.165, 1.54) is 0 Å². The van der Waals surface area contributed by atoms with Gasteiger partial charge in [0.1, 0.15) is 42.7 Å². The van der Waals surface area contributed by atoms with Gasteiger partial charge >= 0.3 is 37.2 Å². The number of ether oxygens (including phenoxy) is 5. The van der Waals surface area contributed by atoms with Crippen molar-refractivity contribution in [3.63, 3.8) is 0 Å². The van der Waals surface area contributed by atoms with E-state index in [0.717, 1.165) is 6.92 Å². The van der Waals surface area contributed by atoms with Crippen LogP contribution in [0.4, 0.5) is 0 Å². The van der Waals surface area contributed by atoms with Crippen molar-refractivity contribution >= 4 is 37.2 Å². The highest BCUT2D eigenvalue weighted by atomic mass is 32.3. The summed E-state index contributed by atoms with van der Waals surface area (Å²) in [4.78, 5) is 11.3. The smallest absolute Gasteiger partial charge is 0.397 e. The van der Waals surface area contributed by atoms with Gasteiger partial charge in [-0.1, -0.05) is 0 Å². The summed E-state index contributed by atoms with van der Waals surface area (Å²) in [7, 11) is -15.6. The van der Waals surface area contributed by atoms with E-state index in [-0.39, 0.29) is 0 Å². The summed E-state index contributed by atoms with van der Waals surface area (Å²) >= 11 is 0. The first-order valence-corrected chi connectivity index (χ1v) is 17.5. The fraction of sp³-hybridized carbons (Fsp3) is 0.857. The summed E-state index contributed by atoms with van der Waals surface area (Å²) in [5.74, 6) is -5.21. The van der Waals surface area contributed by atoms with E-state index < -0.39 is 149 Å². The molecule has 0 aromatic rings. The summed E-state index contributed by atoms with van der Waals surface area (Å²) in [5.41, 5.74) is 0. The first-order valence-electron chi connectivity index (χ1n) is 13.4. The third kappa shape index (κ3) is 11.4. The molecule has 0 amide bonds. The molecule has 9 N–H and O–H groups in total. The molecular formula is C21H34O24S3. The molecule has 0 bridgehead atoms. The van der Waals surface area contributed by atoms with E-state index in [1.54, 1.807) is 0 Å². The molecule has 48 heavy (non-hydrogen) atoms. The van der Waals surface area contributed by atoms with Crippen molar-refractivity contribution in [3.05, 3.63) is 11.8 Å². The van der Waals surface area contributed by atoms with E-state index in [2.05, 4.69) is 12.5 Å². The Labute approximate surface area is 272 Å². The summed E-state index contributed by atoms with van der Waals surface area (Å²) in [6.07, 6.45) is -19.5. The first-order chi connectivity index (χ1) is 22.0. The number of aliphatic hydroxyl groups is 5. The molecule has 3 aliphatic rings. The molecule has 0 aliphatic carbocycles. The second-order valence-corrected chi connectivity index (χ2v) is 13.8. The molecule has 0 spiro atoms. The van der Waals surface area contributed by atoms with Crippen LogP contribution in [0.1, 0.15) is 6.92 Å². The Morgan fingerprint density at radius 3 is 1.92 bits per heavy atom. The van der Waals surface area contributed by atoms with Crippen molar-refractivity contribution in [2.75, 3.05) is 26.4 Å². The van der Waals surface area contributed by atoms with Crippen LogP contribution >= 0.6 is 0 Å². The van der Waals surface area contributed by atoms with Gasteiger partial charge in [0.2, 0.25) is 12.0 Å². The second kappa shape index (κ2) is 16.1. The Morgan fingerprint density at radius 2 is 1.35 bits per heavy atom. The topological polar surface area (TPSA) is 375 Å². The minimum Gasteiger partial charge on any atom is -0.475 e. The van der Waals surface area contributed by atoms with Gasteiger partial charge in [0.25, 0.3) is 0 Å². The number of carboxylic acid groups (broad SMARTS) is 1. The standard InChI is InChI=1S/C21H34O24S3/c1-7-17(44-47(32,33)34)16(25)18(45-48(35,36)37)13(41-7)5-38-3-8-9(20(28)42-12(14(8)23)6-40-46(29,30)31)4-39-21-15(24)10(22)2-11(43-21)19(26)27/h2,7-10,12-18,20-25,28H,3-6H2,1H3,(H,26,27)(H,29,30,31)(H,32,33,34)(H,35,36,37). The zero-order chi connectivity index (χ0) is 36.4. The molecule has 13 atom stereocenters. The minimum atomic E-state index is -5.35. The number of hydrogen-bond donors (Lipinski definition) is 9. The molecule has 2 fully saturated rings. The predicted molar refractivity (Wildman–Crippen MR) is 144 cm³/mol. The summed E-state index contributed by atoms with van der Waals surface area (Å²) in [5, 5.41) is 61.6. The Bertz CT molecular complexity index is 1460. The fourth-order valence-corrected chi connectivity index (χ4v) is 6.41. The van der Waals surface area contributed by atoms with Crippen LogP contribution in [0, 0.1) is 11.8 Å². The number of aliphatic carboxylic acids is 1. The van der Waals surface area contributed by atoms with Crippen molar-refractivity contribution in [2.24, 2.45) is 11.8 Å². The molecule has 0 saturated carbocycles. The lowest BCUT2D eigenvalue weighted by molar-refractivity contribution is -0.284. The van der Waals surface area contributed by atoms with Gasteiger partial charge in [-0.15, -0.1) is 0 Å². The van der Waals surface area contributed by atoms with Crippen molar-refractivity contribution in [2.45, 2.75) is 74.4 Å². The van der Waals surface area contributed by atoms with E-state index >= 15 is 0 Å². The van der Waals surface area contributed by atoms with Gasteiger partial charge in [-0.05, 0) is 13.0 Å². The lowest BCUT2D eigenvalue weighted by atomic mass is 9.83. The maximum atomic E-state index is 11.5. The summed E-state index contributed by atoms with van der Waals surface area (Å²) in [6.45, 7) is -2.10. The van der Waals surface area contributed by atoms with Gasteiger partial charge in [-0.25, -0.2) is 17.3 Å². The Balaban J connectivity index is 1.80. The quantitative estimate of drug-likeness (QED) is 0.0703. The number of hydrogen-bond acceptors (Lipinski definition) is 20. The third-order valence-corrected chi connectivity index (χ3v) is 8.60. The van der Waals surface area contributed by atoms with E-state index in [0.29, 0.717) is 6.08 Å². The number of rotatable bonds is 15. The number of carboxylic acids is 1. The van der Waals surface area contributed by atoms with Gasteiger partial charge in [0.05, 0.1) is 38.6 Å². The van der Waals surface area contributed by atoms with E-state index in [1.807, 2.05) is 0 Å². The van der Waals surface area contributed by atoms with Crippen molar-refractivity contribution in [3.8, 4) is 0 Å². The van der Waals surface area contributed by atoms with Crippen LogP contribution in [-0.2, 0) is 72.2 Å². The highest BCUT2D eigenvalue weighted by Crippen LogP contribution is 2.34. The van der Waals surface area contributed by atoms with Crippen LogP contribution in [0.25, 0.3) is 0 Å². The van der Waals surface area contributed by atoms with Crippen LogP contribution < -0.4 is 0 Å². The lowest BCUT2D eigenvalue weighted by Crippen LogP contribution is -2.60. The van der Waals surface area contributed by atoms with Gasteiger partial charge in [-0.3, -0.25) is 13.7 Å². The van der Waals surface area contributed by atoms with Crippen molar-refractivity contribution < 1.29 is 111 Å². The molecule has 24 nitrogen and oxygen atoms in total. The fourth-order valence-electron chi connectivity index (χ4n) is 5.03. The largest absolute Gasteiger partial charge is 0.475 e. The van der Waals surface area contributed by atoms with E-state index in [9.17, 15) is 60.1 Å². The van der Waals surface area contributed by atoms with Crippen LogP contribution in [0.3, 0.4) is 0 Å². The minimum absolute atomic E-state index is 0.687. The molecule has 0 aromatic heterocycles. The molecule has 0 radical (unpaired) electrons. The maximum absolute atomic E-state index is 11.5. The van der Waals surface area contributed by atoms with Crippen molar-refractivity contribution in [1.29, 1.82) is 0 Å². The first kappa shape index (κ1) is 40.7. The molecule has 2 saturated heterocycles. The molecular weight excluding hydrogens is 732 g/mol. The molecule has 3 heterocycles. The Morgan fingerprint density at radius 1 is 0.750 bits per heavy atom.